The molecule has 0 N–H and O–H groups in total. The van der Waals surface area contributed by atoms with Crippen LogP contribution in [0.25, 0.3) is 5.78 Å². The molecule has 11 heteroatoms. The van der Waals surface area contributed by atoms with E-state index < -0.39 is 0 Å². The number of rotatable bonds is 9. The van der Waals surface area contributed by atoms with E-state index >= 15 is 0 Å². The maximum atomic E-state index is 13.3. The summed E-state index contributed by atoms with van der Waals surface area (Å²) in [6.45, 7) is 2.90. The lowest BCUT2D eigenvalue weighted by molar-refractivity contribution is 0.373. The van der Waals surface area contributed by atoms with Gasteiger partial charge >= 0.3 is 0 Å². The summed E-state index contributed by atoms with van der Waals surface area (Å²) in [5, 5.41) is 13.5. The highest BCUT2D eigenvalue weighted by Gasteiger charge is 2.25. The number of aryl methyl sites for hydroxylation is 3. The quantitative estimate of drug-likeness (QED) is 0.288. The molecule has 0 atom stereocenters. The molecular weight excluding hydrogens is 522 g/mol. The molecular formula is C23H23BrClN7O2. The molecule has 9 nitrogen and oxygen atoms in total. The molecule has 0 unspecified atom stereocenters. The average Bonchev–Trinajstić information content (AvgIpc) is 3.55. The Morgan fingerprint density at radius 3 is 2.76 bits per heavy atom. The summed E-state index contributed by atoms with van der Waals surface area (Å²) >= 11 is 9.40. The van der Waals surface area contributed by atoms with E-state index in [0.29, 0.717) is 65.4 Å². The molecule has 5 rings (SSSR count). The lowest BCUT2D eigenvalue weighted by atomic mass is 10.1. The van der Waals surface area contributed by atoms with Gasteiger partial charge in [0.15, 0.2) is 5.82 Å². The molecule has 176 valence electrons. The maximum Gasteiger partial charge on any atom is 0.266 e. The van der Waals surface area contributed by atoms with Gasteiger partial charge < -0.3 is 4.52 Å². The molecule has 0 aliphatic carbocycles. The van der Waals surface area contributed by atoms with Gasteiger partial charge in [-0.3, -0.25) is 9.36 Å². The molecule has 0 saturated carbocycles. The zero-order valence-corrected chi connectivity index (χ0v) is 21.0. The Labute approximate surface area is 209 Å². The van der Waals surface area contributed by atoms with Gasteiger partial charge in [0.25, 0.3) is 5.56 Å². The third kappa shape index (κ3) is 4.56. The molecule has 0 radical (unpaired) electrons. The first-order chi connectivity index (χ1) is 16.5. The number of fused-ring (bicyclic) bond motifs is 2. The molecule has 0 saturated heterocycles. The lowest BCUT2D eigenvalue weighted by Gasteiger charge is -2.12. The third-order valence-electron chi connectivity index (χ3n) is 5.82. The number of unbranched alkanes of at least 4 members (excludes halogenated alkanes) is 2. The van der Waals surface area contributed by atoms with Crippen molar-refractivity contribution in [1.29, 1.82) is 0 Å². The topological polar surface area (TPSA) is 103 Å². The number of aromatic nitrogens is 6. The summed E-state index contributed by atoms with van der Waals surface area (Å²) in [6, 6.07) is 7.55. The molecule has 1 aliphatic heterocycles. The Kier molecular flexibility index (Phi) is 6.60. The number of nitrogens with zero attached hydrogens (tertiary/aromatic N) is 7. The number of hydrogen-bond acceptors (Lipinski definition) is 7. The summed E-state index contributed by atoms with van der Waals surface area (Å²) in [6.07, 6.45) is 5.12. The van der Waals surface area contributed by atoms with Gasteiger partial charge in [0, 0.05) is 37.3 Å². The van der Waals surface area contributed by atoms with Crippen LogP contribution in [-0.2, 0) is 32.2 Å². The van der Waals surface area contributed by atoms with Crippen molar-refractivity contribution < 1.29 is 4.52 Å². The van der Waals surface area contributed by atoms with Crippen LogP contribution in [-0.4, -0.2) is 33.9 Å². The summed E-state index contributed by atoms with van der Waals surface area (Å²) in [7, 11) is 0. The highest BCUT2D eigenvalue weighted by atomic mass is 79.9. The standard InChI is InChI=1S/C23H23BrClN7O2/c1-2-3-4-11-31-21-16(13-17(24)26-21)22(33)32-19(28-29-23(31)32)9-10-20-27-18(30-34-20)12-14-5-7-15(25)8-6-14/h5-8H,2-4,9-13H2,1H3. The van der Waals surface area contributed by atoms with Crippen molar-refractivity contribution in [1.82, 2.24) is 29.3 Å². The van der Waals surface area contributed by atoms with Gasteiger partial charge in [0.2, 0.25) is 11.7 Å². The van der Waals surface area contributed by atoms with E-state index in [0.717, 1.165) is 36.0 Å². The summed E-state index contributed by atoms with van der Waals surface area (Å²) in [5.41, 5.74) is 1.59. The van der Waals surface area contributed by atoms with Crippen LogP contribution in [0.5, 0.6) is 0 Å². The van der Waals surface area contributed by atoms with Crippen LogP contribution < -0.4 is 5.56 Å². The van der Waals surface area contributed by atoms with E-state index in [-0.39, 0.29) is 5.56 Å². The monoisotopic (exact) mass is 543 g/mol. The average molecular weight is 545 g/mol. The Balaban J connectivity index is 1.38. The molecule has 4 heterocycles. The van der Waals surface area contributed by atoms with Crippen molar-refractivity contribution in [3.05, 3.63) is 68.3 Å². The Morgan fingerprint density at radius 2 is 1.97 bits per heavy atom. The lowest BCUT2D eigenvalue weighted by Crippen LogP contribution is -2.24. The van der Waals surface area contributed by atoms with Gasteiger partial charge in [-0.2, -0.15) is 4.98 Å². The van der Waals surface area contributed by atoms with Crippen LogP contribution >= 0.6 is 27.5 Å². The fourth-order valence-electron chi connectivity index (χ4n) is 4.12. The van der Waals surface area contributed by atoms with Crippen molar-refractivity contribution in [3.8, 4) is 0 Å². The predicted octanol–water partition coefficient (Wildman–Crippen LogP) is 4.47. The second-order valence-corrected chi connectivity index (χ2v) is 9.64. The van der Waals surface area contributed by atoms with Crippen molar-refractivity contribution in [2.24, 2.45) is 4.99 Å². The van der Waals surface area contributed by atoms with Gasteiger partial charge in [-0.25, -0.2) is 9.39 Å². The minimum atomic E-state index is -0.121. The molecule has 34 heavy (non-hydrogen) atoms. The Morgan fingerprint density at radius 1 is 1.15 bits per heavy atom. The fraction of sp³-hybridized carbons (Fsp3) is 0.391. The maximum absolute atomic E-state index is 13.3. The Hall–Kier alpha value is -2.85. The number of halogens is 2. The van der Waals surface area contributed by atoms with Gasteiger partial charge in [0.1, 0.15) is 11.6 Å². The summed E-state index contributed by atoms with van der Waals surface area (Å²) in [5.74, 6) is 2.88. The minimum absolute atomic E-state index is 0.121. The first-order valence-electron chi connectivity index (χ1n) is 11.3. The van der Waals surface area contributed by atoms with Gasteiger partial charge in [-0.15, -0.1) is 10.2 Å². The minimum Gasteiger partial charge on any atom is -0.339 e. The van der Waals surface area contributed by atoms with Crippen LogP contribution in [0.2, 0.25) is 5.02 Å². The molecule has 1 aromatic carbocycles. The van der Waals surface area contributed by atoms with E-state index in [1.807, 2.05) is 28.8 Å². The van der Waals surface area contributed by atoms with E-state index in [1.165, 1.54) is 0 Å². The number of hydrogen-bond donors (Lipinski definition) is 0. The molecule has 0 spiro atoms. The molecule has 4 aromatic rings. The van der Waals surface area contributed by atoms with Crippen LogP contribution in [0.1, 0.15) is 54.9 Å². The third-order valence-corrected chi connectivity index (χ3v) is 6.53. The normalized spacial score (nSPS) is 13.0. The summed E-state index contributed by atoms with van der Waals surface area (Å²) < 4.78 is 9.80. The second kappa shape index (κ2) is 9.79. The van der Waals surface area contributed by atoms with E-state index in [1.54, 1.807) is 4.40 Å². The van der Waals surface area contributed by atoms with E-state index in [2.05, 4.69) is 48.2 Å². The van der Waals surface area contributed by atoms with Crippen molar-refractivity contribution in [2.75, 3.05) is 0 Å². The van der Waals surface area contributed by atoms with Crippen molar-refractivity contribution in [2.45, 2.75) is 58.4 Å². The SMILES string of the molecule is CCCCCn1c2c(c(=O)n3c(CCc4nc(Cc5ccc(Cl)cc5)no4)nnc13)CC(Br)=N2. The highest BCUT2D eigenvalue weighted by molar-refractivity contribution is 9.18. The number of benzene rings is 1. The first kappa shape index (κ1) is 22.9. The van der Waals surface area contributed by atoms with Gasteiger partial charge in [0.05, 0.1) is 10.2 Å². The van der Waals surface area contributed by atoms with Crippen LogP contribution in [0.4, 0.5) is 5.82 Å². The van der Waals surface area contributed by atoms with Crippen molar-refractivity contribution in [3.63, 3.8) is 0 Å². The van der Waals surface area contributed by atoms with Crippen LogP contribution in [0.15, 0.2) is 38.6 Å². The second-order valence-electron chi connectivity index (χ2n) is 8.29. The van der Waals surface area contributed by atoms with Crippen LogP contribution in [0, 0.1) is 0 Å². The van der Waals surface area contributed by atoms with E-state index in [4.69, 9.17) is 16.1 Å². The Bertz CT molecular complexity index is 1420. The fourth-order valence-corrected chi connectivity index (χ4v) is 4.69. The smallest absolute Gasteiger partial charge is 0.266 e. The molecule has 3 aromatic heterocycles. The van der Waals surface area contributed by atoms with Crippen LogP contribution in [0.3, 0.4) is 0 Å². The largest absolute Gasteiger partial charge is 0.339 e. The van der Waals surface area contributed by atoms with E-state index in [9.17, 15) is 4.79 Å². The predicted molar refractivity (Wildman–Crippen MR) is 132 cm³/mol. The zero-order chi connectivity index (χ0) is 23.7. The molecule has 0 fully saturated rings. The molecule has 0 bridgehead atoms. The number of aliphatic imine (C=N–C) groups is 1. The van der Waals surface area contributed by atoms with Gasteiger partial charge in [-0.05, 0) is 40.0 Å². The molecule has 1 aliphatic rings. The first-order valence-corrected chi connectivity index (χ1v) is 12.5. The summed E-state index contributed by atoms with van der Waals surface area (Å²) in [4.78, 5) is 22.3. The molecule has 0 amide bonds. The highest BCUT2D eigenvalue weighted by Crippen LogP contribution is 2.28. The van der Waals surface area contributed by atoms with Gasteiger partial charge in [-0.1, -0.05) is 48.7 Å². The zero-order valence-electron chi connectivity index (χ0n) is 18.7. The van der Waals surface area contributed by atoms with Crippen molar-refractivity contribution >= 4 is 43.7 Å².